The minimum atomic E-state index is -0.515. The highest BCUT2D eigenvalue weighted by Crippen LogP contribution is 2.29. The first kappa shape index (κ1) is 15.8. The highest BCUT2D eigenvalue weighted by atomic mass is 32.1. The maximum atomic E-state index is 13.0. The van der Waals surface area contributed by atoms with E-state index in [0.717, 1.165) is 28.2 Å². The number of halogens is 1. The number of hydrogen-bond acceptors (Lipinski definition) is 5. The predicted molar refractivity (Wildman–Crippen MR) is 90.4 cm³/mol. The molecule has 118 valence electrons. The summed E-state index contributed by atoms with van der Waals surface area (Å²) in [7, 11) is 0. The minimum Gasteiger partial charge on any atom is -0.352 e. The average Bonchev–Trinajstić information content (AvgIpc) is 3.16. The van der Waals surface area contributed by atoms with Gasteiger partial charge in [0, 0.05) is 23.0 Å². The monoisotopic (exact) mass is 347 g/mol. The summed E-state index contributed by atoms with van der Waals surface area (Å²) in [5.74, 6) is -0.831. The molecule has 4 nitrogen and oxygen atoms in total. The van der Waals surface area contributed by atoms with Crippen molar-refractivity contribution in [1.29, 1.82) is 0 Å². The minimum absolute atomic E-state index is 0.231. The molecule has 3 aromatic heterocycles. The predicted octanol–water partition coefficient (Wildman–Crippen LogP) is 3.69. The van der Waals surface area contributed by atoms with Gasteiger partial charge in [-0.1, -0.05) is 0 Å². The molecule has 0 spiro atoms. The van der Waals surface area contributed by atoms with E-state index in [-0.39, 0.29) is 11.5 Å². The van der Waals surface area contributed by atoms with Crippen LogP contribution in [0.1, 0.15) is 20.2 Å². The van der Waals surface area contributed by atoms with E-state index >= 15 is 0 Å². The van der Waals surface area contributed by atoms with Crippen molar-refractivity contribution < 1.29 is 9.18 Å². The number of carbonyl (C=O) groups is 1. The quantitative estimate of drug-likeness (QED) is 0.766. The molecule has 3 heterocycles. The van der Waals surface area contributed by atoms with Crippen LogP contribution in [0.25, 0.3) is 10.6 Å². The lowest BCUT2D eigenvalue weighted by Gasteiger charge is -2.03. The van der Waals surface area contributed by atoms with Gasteiger partial charge < -0.3 is 5.32 Å². The molecule has 0 aromatic carbocycles. The number of aromatic nitrogens is 2. The molecule has 0 radical (unpaired) electrons. The fourth-order valence-corrected chi connectivity index (χ4v) is 3.72. The van der Waals surface area contributed by atoms with E-state index in [9.17, 15) is 9.18 Å². The van der Waals surface area contributed by atoms with E-state index in [4.69, 9.17) is 0 Å². The molecule has 23 heavy (non-hydrogen) atoms. The third-order valence-corrected chi connectivity index (χ3v) is 5.10. The van der Waals surface area contributed by atoms with Crippen LogP contribution in [-0.2, 0) is 6.42 Å². The van der Waals surface area contributed by atoms with Crippen LogP contribution in [0, 0.1) is 12.7 Å². The van der Waals surface area contributed by atoms with Crippen molar-refractivity contribution in [3.63, 3.8) is 0 Å². The molecule has 3 aromatic rings. The van der Waals surface area contributed by atoms with Gasteiger partial charge >= 0.3 is 0 Å². The van der Waals surface area contributed by atoms with Crippen LogP contribution >= 0.6 is 22.7 Å². The molecule has 0 aliphatic carbocycles. The fraction of sp³-hybridized carbons (Fsp3) is 0.188. The SMILES string of the molecule is Cc1nc(-c2ccc(CCNC(=O)c3cncc(F)c3)s2)cs1. The lowest BCUT2D eigenvalue weighted by molar-refractivity contribution is 0.0953. The number of aryl methyl sites for hydroxylation is 1. The summed E-state index contributed by atoms with van der Waals surface area (Å²) < 4.78 is 13.0. The Morgan fingerprint density at radius 2 is 2.22 bits per heavy atom. The molecule has 0 atom stereocenters. The van der Waals surface area contributed by atoms with Gasteiger partial charge in [0.05, 0.1) is 27.3 Å². The Morgan fingerprint density at radius 1 is 1.35 bits per heavy atom. The highest BCUT2D eigenvalue weighted by Gasteiger charge is 2.08. The van der Waals surface area contributed by atoms with Gasteiger partial charge in [-0.05, 0) is 31.5 Å². The lowest BCUT2D eigenvalue weighted by Crippen LogP contribution is -2.25. The Labute approximate surface area is 141 Å². The Balaban J connectivity index is 1.55. The molecule has 0 unspecified atom stereocenters. The van der Waals surface area contributed by atoms with Gasteiger partial charge in [-0.2, -0.15) is 0 Å². The van der Waals surface area contributed by atoms with Gasteiger partial charge in [-0.15, -0.1) is 22.7 Å². The standard InChI is InChI=1S/C16H14FN3OS2/c1-10-20-14(9-22-10)15-3-2-13(23-15)4-5-19-16(21)11-6-12(17)8-18-7-11/h2-3,6-9H,4-5H2,1H3,(H,19,21). The van der Waals surface area contributed by atoms with Crippen LogP contribution in [0.5, 0.6) is 0 Å². The van der Waals surface area contributed by atoms with Crippen LogP contribution < -0.4 is 5.32 Å². The second kappa shape index (κ2) is 6.97. The van der Waals surface area contributed by atoms with E-state index < -0.39 is 5.82 Å². The molecule has 0 aliphatic rings. The maximum Gasteiger partial charge on any atom is 0.252 e. The fourth-order valence-electron chi connectivity index (χ4n) is 2.06. The summed E-state index contributed by atoms with van der Waals surface area (Å²) in [5, 5.41) is 5.87. The maximum absolute atomic E-state index is 13.0. The third-order valence-electron chi connectivity index (χ3n) is 3.16. The molecule has 7 heteroatoms. The Bertz CT molecular complexity index is 828. The van der Waals surface area contributed by atoms with Gasteiger partial charge in [0.15, 0.2) is 0 Å². The smallest absolute Gasteiger partial charge is 0.252 e. The molecule has 0 bridgehead atoms. The molecule has 0 fully saturated rings. The number of thiophene rings is 1. The van der Waals surface area contributed by atoms with Crippen molar-refractivity contribution in [1.82, 2.24) is 15.3 Å². The zero-order valence-electron chi connectivity index (χ0n) is 12.4. The van der Waals surface area contributed by atoms with Crippen molar-refractivity contribution in [2.45, 2.75) is 13.3 Å². The van der Waals surface area contributed by atoms with Crippen LogP contribution in [0.3, 0.4) is 0 Å². The van der Waals surface area contributed by atoms with Gasteiger partial charge in [0.2, 0.25) is 0 Å². The number of nitrogens with one attached hydrogen (secondary N) is 1. The molecule has 0 aliphatic heterocycles. The second-order valence-corrected chi connectivity index (χ2v) is 7.15. The summed E-state index contributed by atoms with van der Waals surface area (Å²) in [6.45, 7) is 2.48. The molecular formula is C16H14FN3OS2. The Morgan fingerprint density at radius 3 is 2.96 bits per heavy atom. The number of pyridine rings is 1. The topological polar surface area (TPSA) is 54.9 Å². The van der Waals surface area contributed by atoms with Crippen molar-refractivity contribution in [3.05, 3.63) is 57.2 Å². The Hall–Kier alpha value is -2.12. The van der Waals surface area contributed by atoms with Gasteiger partial charge in [0.25, 0.3) is 5.91 Å². The first-order chi connectivity index (χ1) is 11.1. The van der Waals surface area contributed by atoms with Crippen LogP contribution in [-0.4, -0.2) is 22.4 Å². The normalized spacial score (nSPS) is 10.7. The summed E-state index contributed by atoms with van der Waals surface area (Å²) in [6, 6.07) is 5.27. The zero-order valence-corrected chi connectivity index (χ0v) is 14.0. The van der Waals surface area contributed by atoms with E-state index in [0.29, 0.717) is 6.54 Å². The summed E-state index contributed by atoms with van der Waals surface area (Å²) in [6.07, 6.45) is 3.15. The van der Waals surface area contributed by atoms with E-state index in [1.54, 1.807) is 22.7 Å². The number of hydrogen-bond donors (Lipinski definition) is 1. The highest BCUT2D eigenvalue weighted by molar-refractivity contribution is 7.16. The van der Waals surface area contributed by atoms with Crippen LogP contribution in [0.15, 0.2) is 36.0 Å². The van der Waals surface area contributed by atoms with Gasteiger partial charge in [-0.25, -0.2) is 9.37 Å². The van der Waals surface area contributed by atoms with Gasteiger partial charge in [-0.3, -0.25) is 9.78 Å². The largest absolute Gasteiger partial charge is 0.352 e. The second-order valence-electron chi connectivity index (χ2n) is 4.92. The van der Waals surface area contributed by atoms with Crippen molar-refractivity contribution in [2.75, 3.05) is 6.54 Å². The van der Waals surface area contributed by atoms with Crippen molar-refractivity contribution in [3.8, 4) is 10.6 Å². The molecule has 1 amide bonds. The van der Waals surface area contributed by atoms with Gasteiger partial charge in [0.1, 0.15) is 5.82 Å². The van der Waals surface area contributed by atoms with Crippen LogP contribution in [0.4, 0.5) is 4.39 Å². The van der Waals surface area contributed by atoms with Crippen molar-refractivity contribution in [2.24, 2.45) is 0 Å². The number of rotatable bonds is 5. The molecular weight excluding hydrogens is 333 g/mol. The summed E-state index contributed by atoms with van der Waals surface area (Å²) in [5.41, 5.74) is 1.23. The first-order valence-electron chi connectivity index (χ1n) is 7.02. The Kier molecular flexibility index (Phi) is 4.78. The van der Waals surface area contributed by atoms with E-state index in [2.05, 4.69) is 15.3 Å². The number of thiazole rings is 1. The zero-order chi connectivity index (χ0) is 16.2. The first-order valence-corrected chi connectivity index (χ1v) is 8.71. The van der Waals surface area contributed by atoms with E-state index in [1.807, 2.05) is 24.4 Å². The van der Waals surface area contributed by atoms with Crippen LogP contribution in [0.2, 0.25) is 0 Å². The molecule has 0 saturated carbocycles. The number of carbonyl (C=O) groups excluding carboxylic acids is 1. The average molecular weight is 347 g/mol. The molecule has 0 saturated heterocycles. The number of nitrogens with zero attached hydrogens (tertiary/aromatic N) is 2. The summed E-state index contributed by atoms with van der Waals surface area (Å²) >= 11 is 3.30. The molecule has 1 N–H and O–H groups in total. The lowest BCUT2D eigenvalue weighted by atomic mass is 10.2. The number of amides is 1. The third kappa shape index (κ3) is 4.00. The van der Waals surface area contributed by atoms with Crippen molar-refractivity contribution >= 4 is 28.6 Å². The molecule has 3 rings (SSSR count). The summed E-state index contributed by atoms with van der Waals surface area (Å²) in [4.78, 5) is 22.3. The van der Waals surface area contributed by atoms with E-state index in [1.165, 1.54) is 17.1 Å².